The van der Waals surface area contributed by atoms with Gasteiger partial charge >= 0.3 is 12.1 Å². The number of piperazine rings is 1. The van der Waals surface area contributed by atoms with E-state index in [9.17, 15) is 19.7 Å². The standard InChI is InChI=1S/C17H23N3O6/c1-3-12(2)26-16(21)11-13-10-14(20(24)25)4-5-15(13)18-6-8-19(9-7-18)17(22)23/h4-5,10,12H,3,6-9,11H2,1-2H3,(H,22,23). The van der Waals surface area contributed by atoms with E-state index in [1.165, 1.54) is 17.0 Å². The van der Waals surface area contributed by atoms with Crippen molar-refractivity contribution in [3.63, 3.8) is 0 Å². The van der Waals surface area contributed by atoms with Crippen molar-refractivity contribution in [2.45, 2.75) is 32.8 Å². The quantitative estimate of drug-likeness (QED) is 0.467. The summed E-state index contributed by atoms with van der Waals surface area (Å²) >= 11 is 0. The average Bonchev–Trinajstić information content (AvgIpc) is 2.61. The summed E-state index contributed by atoms with van der Waals surface area (Å²) in [5.74, 6) is -0.440. The second-order valence-electron chi connectivity index (χ2n) is 6.21. The topological polar surface area (TPSA) is 113 Å². The zero-order chi connectivity index (χ0) is 19.3. The Labute approximate surface area is 151 Å². The van der Waals surface area contributed by atoms with E-state index in [0.717, 1.165) is 0 Å². The van der Waals surface area contributed by atoms with Crippen molar-refractivity contribution in [2.75, 3.05) is 31.1 Å². The smallest absolute Gasteiger partial charge is 0.407 e. The first-order chi connectivity index (χ1) is 12.3. The van der Waals surface area contributed by atoms with Gasteiger partial charge in [-0.1, -0.05) is 6.92 Å². The molecule has 1 fully saturated rings. The van der Waals surface area contributed by atoms with Gasteiger partial charge in [-0.3, -0.25) is 14.9 Å². The number of carboxylic acid groups (broad SMARTS) is 1. The fourth-order valence-corrected chi connectivity index (χ4v) is 2.78. The molecule has 0 radical (unpaired) electrons. The molecular weight excluding hydrogens is 342 g/mol. The summed E-state index contributed by atoms with van der Waals surface area (Å²) in [4.78, 5) is 37.0. The molecule has 1 aromatic rings. The number of benzene rings is 1. The molecule has 1 unspecified atom stereocenters. The number of hydrogen-bond acceptors (Lipinski definition) is 6. The number of nitro benzene ring substituents is 1. The average molecular weight is 365 g/mol. The van der Waals surface area contributed by atoms with Crippen LogP contribution in [0.4, 0.5) is 16.2 Å². The van der Waals surface area contributed by atoms with Gasteiger partial charge in [-0.15, -0.1) is 0 Å². The minimum absolute atomic E-state index is 0.0690. The van der Waals surface area contributed by atoms with E-state index in [-0.39, 0.29) is 18.2 Å². The highest BCUT2D eigenvalue weighted by molar-refractivity contribution is 5.76. The van der Waals surface area contributed by atoms with E-state index in [0.29, 0.717) is 43.9 Å². The number of carbonyl (C=O) groups is 2. The van der Waals surface area contributed by atoms with Crippen molar-refractivity contribution in [3.05, 3.63) is 33.9 Å². The highest BCUT2D eigenvalue weighted by Gasteiger charge is 2.24. The maximum Gasteiger partial charge on any atom is 0.407 e. The number of nitrogens with zero attached hydrogens (tertiary/aromatic N) is 3. The molecule has 142 valence electrons. The Morgan fingerprint density at radius 2 is 1.96 bits per heavy atom. The summed E-state index contributed by atoms with van der Waals surface area (Å²) in [6.07, 6.45) is -0.569. The molecule has 1 aliphatic heterocycles. The Balaban J connectivity index is 2.21. The second kappa shape index (κ2) is 8.50. The number of nitro groups is 1. The minimum Gasteiger partial charge on any atom is -0.465 e. The second-order valence-corrected chi connectivity index (χ2v) is 6.21. The SMILES string of the molecule is CCC(C)OC(=O)Cc1cc([N+](=O)[O-])ccc1N1CCN(C(=O)O)CC1. The molecule has 1 amide bonds. The van der Waals surface area contributed by atoms with Crippen LogP contribution in [0, 0.1) is 10.1 Å². The van der Waals surface area contributed by atoms with Crippen LogP contribution >= 0.6 is 0 Å². The molecule has 0 bridgehead atoms. The molecule has 0 aliphatic carbocycles. The van der Waals surface area contributed by atoms with Crippen molar-refractivity contribution in [1.29, 1.82) is 0 Å². The van der Waals surface area contributed by atoms with Gasteiger partial charge < -0.3 is 19.6 Å². The largest absolute Gasteiger partial charge is 0.465 e. The number of ether oxygens (including phenoxy) is 1. The molecule has 1 heterocycles. The van der Waals surface area contributed by atoms with Crippen LogP contribution in [-0.2, 0) is 16.0 Å². The van der Waals surface area contributed by atoms with E-state index in [4.69, 9.17) is 9.84 Å². The number of amides is 1. The van der Waals surface area contributed by atoms with Gasteiger partial charge in [0.25, 0.3) is 5.69 Å². The van der Waals surface area contributed by atoms with E-state index in [1.54, 1.807) is 13.0 Å². The lowest BCUT2D eigenvalue weighted by Gasteiger charge is -2.35. The van der Waals surface area contributed by atoms with Gasteiger partial charge in [0, 0.05) is 44.0 Å². The van der Waals surface area contributed by atoms with Crippen LogP contribution in [0.15, 0.2) is 18.2 Å². The highest BCUT2D eigenvalue weighted by Crippen LogP contribution is 2.27. The lowest BCUT2D eigenvalue weighted by atomic mass is 10.1. The van der Waals surface area contributed by atoms with Crippen LogP contribution in [0.1, 0.15) is 25.8 Å². The van der Waals surface area contributed by atoms with Crippen LogP contribution in [-0.4, -0.2) is 59.3 Å². The molecule has 1 atom stereocenters. The summed E-state index contributed by atoms with van der Waals surface area (Å²) in [6, 6.07) is 4.39. The Hall–Kier alpha value is -2.84. The van der Waals surface area contributed by atoms with Crippen LogP contribution < -0.4 is 4.90 Å². The molecule has 1 aliphatic rings. The minimum atomic E-state index is -0.967. The van der Waals surface area contributed by atoms with E-state index in [2.05, 4.69) is 0 Å². The summed E-state index contributed by atoms with van der Waals surface area (Å²) in [7, 11) is 0. The zero-order valence-electron chi connectivity index (χ0n) is 14.9. The van der Waals surface area contributed by atoms with E-state index in [1.807, 2.05) is 11.8 Å². The summed E-state index contributed by atoms with van der Waals surface area (Å²) in [5.41, 5.74) is 1.11. The monoisotopic (exact) mass is 365 g/mol. The van der Waals surface area contributed by atoms with Crippen LogP contribution in [0.5, 0.6) is 0 Å². The number of carbonyl (C=O) groups excluding carboxylic acids is 1. The predicted octanol–water partition coefficient (Wildman–Crippen LogP) is 2.28. The molecule has 0 aromatic heterocycles. The lowest BCUT2D eigenvalue weighted by Crippen LogP contribution is -2.48. The van der Waals surface area contributed by atoms with Crippen LogP contribution in [0.2, 0.25) is 0 Å². The molecule has 0 spiro atoms. The first-order valence-corrected chi connectivity index (χ1v) is 8.51. The van der Waals surface area contributed by atoms with Crippen LogP contribution in [0.3, 0.4) is 0 Å². The first-order valence-electron chi connectivity index (χ1n) is 8.51. The summed E-state index contributed by atoms with van der Waals surface area (Å²) in [6.45, 7) is 5.28. The molecule has 9 heteroatoms. The van der Waals surface area contributed by atoms with Crippen molar-refractivity contribution in [2.24, 2.45) is 0 Å². The van der Waals surface area contributed by atoms with Crippen molar-refractivity contribution in [3.8, 4) is 0 Å². The van der Waals surface area contributed by atoms with Crippen molar-refractivity contribution >= 4 is 23.4 Å². The van der Waals surface area contributed by atoms with Gasteiger partial charge in [-0.2, -0.15) is 0 Å². The van der Waals surface area contributed by atoms with Gasteiger partial charge in [-0.05, 0) is 25.0 Å². The van der Waals surface area contributed by atoms with Crippen LogP contribution in [0.25, 0.3) is 0 Å². The predicted molar refractivity (Wildman–Crippen MR) is 94.5 cm³/mol. The fourth-order valence-electron chi connectivity index (χ4n) is 2.78. The van der Waals surface area contributed by atoms with E-state index < -0.39 is 17.0 Å². The highest BCUT2D eigenvalue weighted by atomic mass is 16.6. The maximum absolute atomic E-state index is 12.1. The van der Waals surface area contributed by atoms with Crippen molar-refractivity contribution in [1.82, 2.24) is 4.90 Å². The van der Waals surface area contributed by atoms with Gasteiger partial charge in [0.05, 0.1) is 17.4 Å². The third-order valence-corrected chi connectivity index (χ3v) is 4.41. The molecule has 9 nitrogen and oxygen atoms in total. The molecule has 26 heavy (non-hydrogen) atoms. The molecule has 1 saturated heterocycles. The lowest BCUT2D eigenvalue weighted by molar-refractivity contribution is -0.384. The Kier molecular flexibility index (Phi) is 6.37. The first kappa shape index (κ1) is 19.5. The number of rotatable bonds is 6. The van der Waals surface area contributed by atoms with E-state index >= 15 is 0 Å². The van der Waals surface area contributed by atoms with Gasteiger partial charge in [-0.25, -0.2) is 4.79 Å². The summed E-state index contributed by atoms with van der Waals surface area (Å²) < 4.78 is 5.28. The Morgan fingerprint density at radius 1 is 1.31 bits per heavy atom. The number of hydrogen-bond donors (Lipinski definition) is 1. The number of anilines is 1. The fraction of sp³-hybridized carbons (Fsp3) is 0.529. The number of non-ortho nitro benzene ring substituents is 1. The van der Waals surface area contributed by atoms with Gasteiger partial charge in [0.15, 0.2) is 0 Å². The van der Waals surface area contributed by atoms with Gasteiger partial charge in [0.1, 0.15) is 0 Å². The molecular formula is C17H23N3O6. The molecule has 1 aromatic carbocycles. The number of esters is 1. The molecule has 1 N–H and O–H groups in total. The third kappa shape index (κ3) is 4.84. The zero-order valence-corrected chi connectivity index (χ0v) is 14.9. The van der Waals surface area contributed by atoms with Gasteiger partial charge in [0.2, 0.25) is 0 Å². The Bertz CT molecular complexity index is 685. The summed E-state index contributed by atoms with van der Waals surface area (Å²) in [5, 5.41) is 20.1. The molecule has 0 saturated carbocycles. The third-order valence-electron chi connectivity index (χ3n) is 4.41. The van der Waals surface area contributed by atoms with Crippen molar-refractivity contribution < 1.29 is 24.4 Å². The normalized spacial score (nSPS) is 15.5. The maximum atomic E-state index is 12.1. The Morgan fingerprint density at radius 3 is 2.50 bits per heavy atom. The molecule has 2 rings (SSSR count).